The van der Waals surface area contributed by atoms with E-state index in [0.29, 0.717) is 18.7 Å². The van der Waals surface area contributed by atoms with Crippen LogP contribution in [-0.2, 0) is 9.53 Å². The first-order valence-electron chi connectivity index (χ1n) is 8.91. The van der Waals surface area contributed by atoms with Crippen molar-refractivity contribution in [2.45, 2.75) is 83.3 Å². The van der Waals surface area contributed by atoms with Crippen molar-refractivity contribution >= 4 is 5.97 Å². The second-order valence-electron chi connectivity index (χ2n) is 6.48. The zero-order chi connectivity index (χ0) is 15.1. The molecule has 1 heterocycles. The van der Waals surface area contributed by atoms with Crippen LogP contribution in [0.25, 0.3) is 0 Å². The summed E-state index contributed by atoms with van der Waals surface area (Å²) in [6.45, 7) is 6.85. The van der Waals surface area contributed by atoms with Gasteiger partial charge in [0.2, 0.25) is 0 Å². The molecule has 0 aromatic heterocycles. The van der Waals surface area contributed by atoms with Gasteiger partial charge in [0.1, 0.15) is 6.04 Å². The highest BCUT2D eigenvalue weighted by Crippen LogP contribution is 2.22. The maximum atomic E-state index is 12.1. The molecule has 0 aromatic carbocycles. The second-order valence-corrected chi connectivity index (χ2v) is 6.48. The molecule has 0 amide bonds. The molecule has 1 N–H and O–H groups in total. The van der Waals surface area contributed by atoms with E-state index in [1.54, 1.807) is 0 Å². The van der Waals surface area contributed by atoms with Crippen LogP contribution in [0.3, 0.4) is 0 Å². The molecule has 122 valence electrons. The number of nitrogens with one attached hydrogen (secondary N) is 1. The van der Waals surface area contributed by atoms with E-state index in [4.69, 9.17) is 4.74 Å². The molecule has 0 aromatic rings. The minimum absolute atomic E-state index is 0.0627. The van der Waals surface area contributed by atoms with Gasteiger partial charge in [0, 0.05) is 18.6 Å². The van der Waals surface area contributed by atoms with Gasteiger partial charge >= 0.3 is 5.97 Å². The summed E-state index contributed by atoms with van der Waals surface area (Å²) in [5.74, 6) is -0.0627. The van der Waals surface area contributed by atoms with Gasteiger partial charge in [-0.25, -0.2) is 0 Å². The monoisotopic (exact) mass is 296 g/mol. The largest absolute Gasteiger partial charge is 0.465 e. The molecule has 21 heavy (non-hydrogen) atoms. The van der Waals surface area contributed by atoms with Crippen LogP contribution in [-0.4, -0.2) is 48.7 Å². The summed E-state index contributed by atoms with van der Waals surface area (Å²) in [5, 5.41) is 3.46. The third-order valence-electron chi connectivity index (χ3n) is 4.76. The molecule has 4 nitrogen and oxygen atoms in total. The summed E-state index contributed by atoms with van der Waals surface area (Å²) >= 11 is 0. The van der Waals surface area contributed by atoms with Gasteiger partial charge in [0.15, 0.2) is 0 Å². The van der Waals surface area contributed by atoms with Crippen molar-refractivity contribution in [3.63, 3.8) is 0 Å². The van der Waals surface area contributed by atoms with Crippen LogP contribution in [0.1, 0.15) is 65.2 Å². The van der Waals surface area contributed by atoms with Crippen LogP contribution in [0.4, 0.5) is 0 Å². The van der Waals surface area contributed by atoms with Crippen molar-refractivity contribution in [3.8, 4) is 0 Å². The summed E-state index contributed by atoms with van der Waals surface area (Å²) in [5.41, 5.74) is 0. The van der Waals surface area contributed by atoms with E-state index in [9.17, 15) is 4.79 Å². The summed E-state index contributed by atoms with van der Waals surface area (Å²) in [6, 6.07) is 1.14. The van der Waals surface area contributed by atoms with E-state index in [0.717, 1.165) is 13.0 Å². The van der Waals surface area contributed by atoms with Crippen LogP contribution in [0, 0.1) is 0 Å². The normalized spacial score (nSPS) is 25.3. The number of carbonyl (C=O) groups is 1. The minimum Gasteiger partial charge on any atom is -0.465 e. The zero-order valence-electron chi connectivity index (χ0n) is 13.8. The second kappa shape index (κ2) is 8.74. The van der Waals surface area contributed by atoms with E-state index in [1.807, 2.05) is 6.92 Å². The van der Waals surface area contributed by atoms with Gasteiger partial charge in [-0.3, -0.25) is 4.79 Å². The van der Waals surface area contributed by atoms with E-state index in [2.05, 4.69) is 17.1 Å². The number of rotatable bonds is 8. The molecular weight excluding hydrogens is 264 g/mol. The van der Waals surface area contributed by atoms with Crippen molar-refractivity contribution in [3.05, 3.63) is 0 Å². The molecule has 2 fully saturated rings. The summed E-state index contributed by atoms with van der Waals surface area (Å²) in [7, 11) is 0. The van der Waals surface area contributed by atoms with Gasteiger partial charge < -0.3 is 15.0 Å². The Morgan fingerprint density at radius 2 is 2.05 bits per heavy atom. The molecule has 1 aliphatic carbocycles. The van der Waals surface area contributed by atoms with Crippen LogP contribution in [0.2, 0.25) is 0 Å². The Bertz CT molecular complexity index is 318. The van der Waals surface area contributed by atoms with Gasteiger partial charge in [-0.15, -0.1) is 0 Å². The smallest absolute Gasteiger partial charge is 0.323 e. The third-order valence-corrected chi connectivity index (χ3v) is 4.76. The average Bonchev–Trinajstić information content (AvgIpc) is 3.30. The molecule has 4 heteroatoms. The van der Waals surface area contributed by atoms with Gasteiger partial charge in [0.05, 0.1) is 6.61 Å². The van der Waals surface area contributed by atoms with Crippen molar-refractivity contribution in [1.29, 1.82) is 0 Å². The van der Waals surface area contributed by atoms with E-state index >= 15 is 0 Å². The molecule has 2 rings (SSSR count). The molecule has 1 saturated carbocycles. The Labute approximate surface area is 129 Å². The van der Waals surface area contributed by atoms with Crippen LogP contribution >= 0.6 is 0 Å². The molecule has 2 unspecified atom stereocenters. The maximum absolute atomic E-state index is 12.1. The molecule has 0 spiro atoms. The number of esters is 1. The summed E-state index contributed by atoms with van der Waals surface area (Å²) < 4.78 is 5.23. The van der Waals surface area contributed by atoms with Crippen molar-refractivity contribution < 1.29 is 9.53 Å². The van der Waals surface area contributed by atoms with Crippen molar-refractivity contribution in [2.24, 2.45) is 0 Å². The Kier molecular flexibility index (Phi) is 6.97. The standard InChI is InChI=1S/C17H32N2O2/c1-3-15-8-6-5-7-12-19(15)13-11-16(17(20)21-4-2)18-14-9-10-14/h14-16,18H,3-13H2,1-2H3. The summed E-state index contributed by atoms with van der Waals surface area (Å²) in [6.07, 6.45) is 9.85. The lowest BCUT2D eigenvalue weighted by molar-refractivity contribution is -0.146. The number of ether oxygens (including phenoxy) is 1. The lowest BCUT2D eigenvalue weighted by Crippen LogP contribution is -2.44. The maximum Gasteiger partial charge on any atom is 0.323 e. The third kappa shape index (κ3) is 5.59. The number of carbonyl (C=O) groups excluding carboxylic acids is 1. The first-order valence-corrected chi connectivity index (χ1v) is 8.91. The first-order chi connectivity index (χ1) is 10.2. The molecule has 1 aliphatic heterocycles. The van der Waals surface area contributed by atoms with Crippen molar-refractivity contribution in [2.75, 3.05) is 19.7 Å². The van der Waals surface area contributed by atoms with E-state index in [1.165, 1.54) is 51.5 Å². The van der Waals surface area contributed by atoms with Crippen LogP contribution in [0.15, 0.2) is 0 Å². The zero-order valence-corrected chi connectivity index (χ0v) is 13.8. The van der Waals surface area contributed by atoms with Gasteiger partial charge in [0.25, 0.3) is 0 Å². The Morgan fingerprint density at radius 3 is 2.71 bits per heavy atom. The first kappa shape index (κ1) is 16.8. The highest BCUT2D eigenvalue weighted by Gasteiger charge is 2.30. The Hall–Kier alpha value is -0.610. The molecule has 2 atom stereocenters. The SMILES string of the molecule is CCOC(=O)C(CCN1CCCCCC1CC)NC1CC1. The highest BCUT2D eigenvalue weighted by atomic mass is 16.5. The predicted molar refractivity (Wildman–Crippen MR) is 85.3 cm³/mol. The van der Waals surface area contributed by atoms with E-state index < -0.39 is 0 Å². The quantitative estimate of drug-likeness (QED) is 0.699. The molecule has 0 radical (unpaired) electrons. The van der Waals surface area contributed by atoms with Gasteiger partial charge in [-0.05, 0) is 52.0 Å². The molecule has 0 bridgehead atoms. The predicted octanol–water partition coefficient (Wildman–Crippen LogP) is 2.71. The minimum atomic E-state index is -0.113. The van der Waals surface area contributed by atoms with Crippen molar-refractivity contribution in [1.82, 2.24) is 10.2 Å². The molecule has 2 aliphatic rings. The topological polar surface area (TPSA) is 41.6 Å². The highest BCUT2D eigenvalue weighted by molar-refractivity contribution is 5.75. The number of hydrogen-bond acceptors (Lipinski definition) is 4. The average molecular weight is 296 g/mol. The fourth-order valence-corrected chi connectivity index (χ4v) is 3.33. The number of nitrogens with zero attached hydrogens (tertiary/aromatic N) is 1. The fourth-order valence-electron chi connectivity index (χ4n) is 3.33. The lowest BCUT2D eigenvalue weighted by atomic mass is 10.1. The fraction of sp³-hybridized carbons (Fsp3) is 0.941. The molecule has 1 saturated heterocycles. The van der Waals surface area contributed by atoms with Crippen LogP contribution < -0.4 is 5.32 Å². The number of likely N-dealkylation sites (tertiary alicyclic amines) is 1. The van der Waals surface area contributed by atoms with E-state index in [-0.39, 0.29) is 12.0 Å². The Morgan fingerprint density at radius 1 is 1.24 bits per heavy atom. The lowest BCUT2D eigenvalue weighted by Gasteiger charge is -2.30. The van der Waals surface area contributed by atoms with Gasteiger partial charge in [-0.1, -0.05) is 19.8 Å². The molecular formula is C17H32N2O2. The number of hydrogen-bond donors (Lipinski definition) is 1. The van der Waals surface area contributed by atoms with Gasteiger partial charge in [-0.2, -0.15) is 0 Å². The van der Waals surface area contributed by atoms with Crippen LogP contribution in [0.5, 0.6) is 0 Å². The Balaban J connectivity index is 1.84. The summed E-state index contributed by atoms with van der Waals surface area (Å²) in [4.78, 5) is 14.7.